The predicted octanol–water partition coefficient (Wildman–Crippen LogP) is 5.44. The Balaban J connectivity index is 1.82. The van der Waals surface area contributed by atoms with E-state index in [1.165, 1.54) is 0 Å². The summed E-state index contributed by atoms with van der Waals surface area (Å²) in [5.41, 5.74) is 4.23. The molecule has 0 N–H and O–H groups in total. The molecule has 2 aromatic carbocycles. The van der Waals surface area contributed by atoms with Crippen LogP contribution in [0.2, 0.25) is 5.02 Å². The van der Waals surface area contributed by atoms with Crippen LogP contribution in [0.1, 0.15) is 42.7 Å². The number of carbonyl (C=O) groups excluding carboxylic acids is 1. The van der Waals surface area contributed by atoms with Gasteiger partial charge in [0.15, 0.2) is 5.78 Å². The first-order valence-corrected chi connectivity index (χ1v) is 9.48. The average molecular weight is 375 g/mol. The molecule has 2 aliphatic rings. The fourth-order valence-corrected chi connectivity index (χ4v) is 4.50. The smallest absolute Gasteiger partial charge is 0.161 e. The van der Waals surface area contributed by atoms with Crippen molar-refractivity contribution in [2.45, 2.75) is 31.6 Å². The van der Waals surface area contributed by atoms with Gasteiger partial charge in [-0.3, -0.25) is 9.79 Å². The number of allylic oxidation sites excluding steroid dienone is 2. The molecule has 4 heteroatoms. The number of ketones is 1. The number of halogens is 1. The average Bonchev–Trinajstić information content (AvgIpc) is 2.68. The Morgan fingerprint density at radius 3 is 2.48 bits per heavy atom. The number of nitriles is 1. The molecule has 1 unspecified atom stereocenters. The molecule has 0 amide bonds. The quantitative estimate of drug-likeness (QED) is 0.702. The van der Waals surface area contributed by atoms with E-state index in [2.05, 4.69) is 18.2 Å². The lowest BCUT2D eigenvalue weighted by molar-refractivity contribution is -0.116. The molecule has 0 aromatic heterocycles. The zero-order valence-electron chi connectivity index (χ0n) is 15.0. The van der Waals surface area contributed by atoms with Crippen LogP contribution in [-0.4, -0.2) is 11.5 Å². The van der Waals surface area contributed by atoms with Crippen LogP contribution in [0, 0.1) is 17.2 Å². The highest BCUT2D eigenvalue weighted by molar-refractivity contribution is 6.31. The van der Waals surface area contributed by atoms with E-state index >= 15 is 0 Å². The predicted molar refractivity (Wildman–Crippen MR) is 107 cm³/mol. The Labute approximate surface area is 164 Å². The molecule has 2 aromatic rings. The Morgan fingerprint density at radius 2 is 1.78 bits per heavy atom. The molecule has 0 saturated heterocycles. The first-order valence-electron chi connectivity index (χ1n) is 9.10. The van der Waals surface area contributed by atoms with Crippen LogP contribution in [0.5, 0.6) is 0 Å². The number of aliphatic imine (C=N–C) groups is 1. The highest BCUT2D eigenvalue weighted by Gasteiger charge is 2.41. The lowest BCUT2D eigenvalue weighted by Crippen LogP contribution is -2.32. The number of carbonyl (C=O) groups is 1. The number of benzene rings is 2. The zero-order valence-corrected chi connectivity index (χ0v) is 15.8. The van der Waals surface area contributed by atoms with Crippen LogP contribution in [0.15, 0.2) is 70.9 Å². The van der Waals surface area contributed by atoms with Gasteiger partial charge in [0.05, 0.1) is 12.0 Å². The largest absolute Gasteiger partial charge is 0.294 e. The summed E-state index contributed by atoms with van der Waals surface area (Å²) in [6, 6.07) is 19.9. The summed E-state index contributed by atoms with van der Waals surface area (Å²) in [5.74, 6) is -0.618. The normalized spacial score (nSPS) is 24.9. The Hall–Kier alpha value is -2.70. The van der Waals surface area contributed by atoms with Crippen molar-refractivity contribution in [3.63, 3.8) is 0 Å². The minimum atomic E-state index is -0.471. The summed E-state index contributed by atoms with van der Waals surface area (Å²) in [6.45, 7) is 1.87. The molecule has 0 spiro atoms. The van der Waals surface area contributed by atoms with E-state index in [1.54, 1.807) is 0 Å². The molecule has 134 valence electrons. The van der Waals surface area contributed by atoms with Crippen molar-refractivity contribution in [3.05, 3.63) is 82.0 Å². The molecule has 0 bridgehead atoms. The number of nitrogens with zero attached hydrogens (tertiary/aromatic N) is 2. The van der Waals surface area contributed by atoms with Crippen molar-refractivity contribution in [2.75, 3.05) is 0 Å². The van der Waals surface area contributed by atoms with E-state index in [1.807, 2.05) is 49.4 Å². The highest BCUT2D eigenvalue weighted by Crippen LogP contribution is 2.47. The maximum atomic E-state index is 13.2. The van der Waals surface area contributed by atoms with Crippen LogP contribution in [0.4, 0.5) is 0 Å². The van der Waals surface area contributed by atoms with Crippen LogP contribution >= 0.6 is 11.6 Å². The molecule has 27 heavy (non-hydrogen) atoms. The Morgan fingerprint density at radius 1 is 1.07 bits per heavy atom. The molecular weight excluding hydrogens is 356 g/mol. The molecule has 0 saturated carbocycles. The van der Waals surface area contributed by atoms with Gasteiger partial charge in [-0.1, -0.05) is 60.1 Å². The lowest BCUT2D eigenvalue weighted by Gasteiger charge is -2.35. The van der Waals surface area contributed by atoms with Gasteiger partial charge in [0, 0.05) is 34.3 Å². The zero-order chi connectivity index (χ0) is 19.0. The number of hydrogen-bond acceptors (Lipinski definition) is 3. The SMILES string of the molecule is CC1=NC2=C(C(=O)C[C@H](c3ccccc3)C2)[C@H](c2ccccc2Cl)C1C#N. The summed E-state index contributed by atoms with van der Waals surface area (Å²) in [6.07, 6.45) is 1.15. The molecule has 1 heterocycles. The van der Waals surface area contributed by atoms with Gasteiger partial charge >= 0.3 is 0 Å². The van der Waals surface area contributed by atoms with Crippen molar-refractivity contribution < 1.29 is 4.79 Å². The molecule has 3 nitrogen and oxygen atoms in total. The van der Waals surface area contributed by atoms with E-state index in [0.29, 0.717) is 23.4 Å². The first-order chi connectivity index (χ1) is 13.1. The van der Waals surface area contributed by atoms with Crippen LogP contribution in [-0.2, 0) is 4.79 Å². The van der Waals surface area contributed by atoms with Gasteiger partial charge in [-0.2, -0.15) is 5.26 Å². The number of hydrogen-bond donors (Lipinski definition) is 0. The maximum absolute atomic E-state index is 13.2. The van der Waals surface area contributed by atoms with Crippen LogP contribution in [0.25, 0.3) is 0 Å². The topological polar surface area (TPSA) is 53.2 Å². The maximum Gasteiger partial charge on any atom is 0.161 e. The lowest BCUT2D eigenvalue weighted by atomic mass is 9.69. The standard InChI is InChI=1S/C23H19ClN2O/c1-14-18(13-25)22(17-9-5-6-10-19(17)24)23-20(26-14)11-16(12-21(23)27)15-7-3-2-4-8-15/h2-10,16,18,22H,11-12H2,1H3/t16-,18?,22-/m1/s1. The van der Waals surface area contributed by atoms with Gasteiger partial charge in [-0.05, 0) is 36.5 Å². The summed E-state index contributed by atoms with van der Waals surface area (Å²) in [5, 5.41) is 10.4. The van der Waals surface area contributed by atoms with Crippen molar-refractivity contribution in [3.8, 4) is 6.07 Å². The van der Waals surface area contributed by atoms with E-state index in [0.717, 1.165) is 22.5 Å². The minimum Gasteiger partial charge on any atom is -0.294 e. The third kappa shape index (κ3) is 3.11. The molecule has 1 aliphatic carbocycles. The van der Waals surface area contributed by atoms with Gasteiger partial charge in [-0.25, -0.2) is 0 Å². The minimum absolute atomic E-state index is 0.0755. The molecule has 4 rings (SSSR count). The summed E-state index contributed by atoms with van der Waals surface area (Å²) in [7, 11) is 0. The van der Waals surface area contributed by atoms with Gasteiger partial charge in [0.2, 0.25) is 0 Å². The molecule has 3 atom stereocenters. The van der Waals surface area contributed by atoms with E-state index < -0.39 is 5.92 Å². The summed E-state index contributed by atoms with van der Waals surface area (Å²) >= 11 is 6.45. The van der Waals surface area contributed by atoms with Gasteiger partial charge < -0.3 is 0 Å². The third-order valence-electron chi connectivity index (χ3n) is 5.54. The van der Waals surface area contributed by atoms with Gasteiger partial charge in [-0.15, -0.1) is 0 Å². The van der Waals surface area contributed by atoms with Gasteiger partial charge in [0.25, 0.3) is 0 Å². The van der Waals surface area contributed by atoms with Crippen molar-refractivity contribution >= 4 is 23.1 Å². The van der Waals surface area contributed by atoms with Crippen LogP contribution in [0.3, 0.4) is 0 Å². The number of Topliss-reactive ketones (excluding diaryl/α,β-unsaturated/α-hetero) is 1. The van der Waals surface area contributed by atoms with E-state index in [-0.39, 0.29) is 17.6 Å². The van der Waals surface area contributed by atoms with Crippen molar-refractivity contribution in [1.82, 2.24) is 0 Å². The fraction of sp³-hybridized carbons (Fsp3) is 0.261. The van der Waals surface area contributed by atoms with E-state index in [9.17, 15) is 10.1 Å². The monoisotopic (exact) mass is 374 g/mol. The second-order valence-corrected chi connectivity index (χ2v) is 7.57. The summed E-state index contributed by atoms with van der Waals surface area (Å²) < 4.78 is 0. The first kappa shape index (κ1) is 17.7. The second-order valence-electron chi connectivity index (χ2n) is 7.16. The second kappa shape index (κ2) is 7.13. The highest BCUT2D eigenvalue weighted by atomic mass is 35.5. The van der Waals surface area contributed by atoms with Crippen molar-refractivity contribution in [1.29, 1.82) is 5.26 Å². The van der Waals surface area contributed by atoms with E-state index in [4.69, 9.17) is 16.6 Å². The molecule has 0 radical (unpaired) electrons. The fourth-order valence-electron chi connectivity index (χ4n) is 4.25. The van der Waals surface area contributed by atoms with Crippen molar-refractivity contribution in [2.24, 2.45) is 10.9 Å². The molecule has 0 fully saturated rings. The molecular formula is C23H19ClN2O. The number of rotatable bonds is 2. The van der Waals surface area contributed by atoms with Gasteiger partial charge in [0.1, 0.15) is 0 Å². The summed E-state index contributed by atoms with van der Waals surface area (Å²) in [4.78, 5) is 17.9. The Bertz CT molecular complexity index is 1000. The Kier molecular flexibility index (Phi) is 4.68. The third-order valence-corrected chi connectivity index (χ3v) is 5.88. The van der Waals surface area contributed by atoms with Crippen LogP contribution < -0.4 is 0 Å². The molecule has 1 aliphatic heterocycles.